The molecule has 2 rings (SSSR count). The Kier molecular flexibility index (Phi) is 4.06. The third-order valence-electron chi connectivity index (χ3n) is 3.65. The largest absolute Gasteiger partial charge is 0.441 e. The van der Waals surface area contributed by atoms with E-state index in [1.807, 2.05) is 20.8 Å². The molecule has 0 aromatic carbocycles. The van der Waals surface area contributed by atoms with E-state index in [1.165, 1.54) is 0 Å². The van der Waals surface area contributed by atoms with Crippen LogP contribution in [0.3, 0.4) is 0 Å². The fraction of sp³-hybridized carbons (Fsp3) is 0.923. The Hall–Kier alpha value is -1.50. The van der Waals surface area contributed by atoms with Gasteiger partial charge in [0, 0.05) is 4.91 Å². The number of nitrogens with zero attached hydrogens (tertiary/aromatic N) is 3. The molecule has 4 atom stereocenters. The van der Waals surface area contributed by atoms with Crippen molar-refractivity contribution in [2.24, 2.45) is 10.5 Å². The fourth-order valence-electron chi connectivity index (χ4n) is 2.80. The van der Waals surface area contributed by atoms with Crippen LogP contribution in [0.2, 0.25) is 0 Å². The summed E-state index contributed by atoms with van der Waals surface area (Å²) in [4.78, 5) is 14.4. The second-order valence-corrected chi connectivity index (χ2v) is 6.91. The van der Waals surface area contributed by atoms with Crippen LogP contribution < -0.4 is 5.32 Å². The SMILES string of the molecule is CC1(C)O[C@@H]([C@H]2OC(=O)N[C@@H]2C(C)(C)C)[C@H](CN=[N+]=[N-])O1. The highest BCUT2D eigenvalue weighted by Gasteiger charge is 2.53. The Morgan fingerprint density at radius 1 is 1.33 bits per heavy atom. The average molecular weight is 298 g/mol. The van der Waals surface area contributed by atoms with Crippen molar-refractivity contribution in [3.05, 3.63) is 10.4 Å². The lowest BCUT2D eigenvalue weighted by molar-refractivity contribution is -0.155. The minimum Gasteiger partial charge on any atom is -0.441 e. The average Bonchev–Trinajstić information content (AvgIpc) is 2.86. The molecule has 1 amide bonds. The fourth-order valence-corrected chi connectivity index (χ4v) is 2.80. The third kappa shape index (κ3) is 3.40. The lowest BCUT2D eigenvalue weighted by Crippen LogP contribution is -2.50. The Morgan fingerprint density at radius 3 is 2.57 bits per heavy atom. The topological polar surface area (TPSA) is 106 Å². The summed E-state index contributed by atoms with van der Waals surface area (Å²) in [6, 6.07) is -0.207. The number of hydrogen-bond acceptors (Lipinski definition) is 5. The van der Waals surface area contributed by atoms with Crippen molar-refractivity contribution < 1.29 is 19.0 Å². The number of carbonyl (C=O) groups is 1. The molecule has 0 saturated carbocycles. The minimum absolute atomic E-state index is 0.134. The zero-order valence-corrected chi connectivity index (χ0v) is 13.0. The molecule has 0 aromatic rings. The van der Waals surface area contributed by atoms with Gasteiger partial charge in [0.25, 0.3) is 0 Å². The molecule has 1 N–H and O–H groups in total. The number of hydrogen-bond donors (Lipinski definition) is 1. The zero-order chi connectivity index (χ0) is 15.8. The highest BCUT2D eigenvalue weighted by atomic mass is 16.8. The summed E-state index contributed by atoms with van der Waals surface area (Å²) in [6.07, 6.45) is -1.87. The third-order valence-corrected chi connectivity index (χ3v) is 3.65. The molecule has 2 saturated heterocycles. The summed E-state index contributed by atoms with van der Waals surface area (Å²) in [5.74, 6) is -0.808. The number of nitrogens with one attached hydrogen (secondary N) is 1. The van der Waals surface area contributed by atoms with Crippen molar-refractivity contribution in [2.75, 3.05) is 6.54 Å². The predicted molar refractivity (Wildman–Crippen MR) is 74.5 cm³/mol. The van der Waals surface area contributed by atoms with Gasteiger partial charge in [-0.1, -0.05) is 25.9 Å². The van der Waals surface area contributed by atoms with E-state index in [1.54, 1.807) is 13.8 Å². The van der Waals surface area contributed by atoms with Gasteiger partial charge in [-0.3, -0.25) is 0 Å². The van der Waals surface area contributed by atoms with Crippen LogP contribution in [0.15, 0.2) is 5.11 Å². The van der Waals surface area contributed by atoms with Gasteiger partial charge in [0.2, 0.25) is 0 Å². The maximum absolute atomic E-state index is 11.6. The summed E-state index contributed by atoms with van der Waals surface area (Å²) in [5.41, 5.74) is 8.30. The normalized spacial score (nSPS) is 35.0. The van der Waals surface area contributed by atoms with Crippen molar-refractivity contribution in [3.8, 4) is 0 Å². The first kappa shape index (κ1) is 15.9. The summed E-state index contributed by atoms with van der Waals surface area (Å²) in [7, 11) is 0. The number of amides is 1. The second-order valence-electron chi connectivity index (χ2n) is 6.91. The Bertz CT molecular complexity index is 467. The van der Waals surface area contributed by atoms with Gasteiger partial charge in [-0.2, -0.15) is 0 Å². The smallest absolute Gasteiger partial charge is 0.407 e. The van der Waals surface area contributed by atoms with Crippen LogP contribution in [0.1, 0.15) is 34.6 Å². The second kappa shape index (κ2) is 5.36. The van der Waals surface area contributed by atoms with E-state index in [0.717, 1.165) is 0 Å². The van der Waals surface area contributed by atoms with Crippen molar-refractivity contribution in [3.63, 3.8) is 0 Å². The van der Waals surface area contributed by atoms with Gasteiger partial charge < -0.3 is 19.5 Å². The van der Waals surface area contributed by atoms with Crippen LogP contribution >= 0.6 is 0 Å². The molecule has 2 aliphatic rings. The number of carbonyl (C=O) groups excluding carboxylic acids is 1. The van der Waals surface area contributed by atoms with Crippen LogP contribution in [0, 0.1) is 5.41 Å². The highest BCUT2D eigenvalue weighted by Crippen LogP contribution is 2.37. The van der Waals surface area contributed by atoms with Gasteiger partial charge in [0.05, 0.1) is 18.7 Å². The maximum Gasteiger partial charge on any atom is 0.407 e. The van der Waals surface area contributed by atoms with Crippen LogP contribution in [-0.2, 0) is 14.2 Å². The molecule has 2 aliphatic heterocycles. The minimum atomic E-state index is -0.808. The molecule has 21 heavy (non-hydrogen) atoms. The first-order valence-corrected chi connectivity index (χ1v) is 6.98. The molecule has 0 spiro atoms. The summed E-state index contributed by atoms with van der Waals surface area (Å²) in [5, 5.41) is 6.39. The molecule has 0 aliphatic carbocycles. The van der Waals surface area contributed by atoms with Crippen molar-refractivity contribution in [1.29, 1.82) is 0 Å². The van der Waals surface area contributed by atoms with Gasteiger partial charge in [-0.25, -0.2) is 4.79 Å². The van der Waals surface area contributed by atoms with E-state index in [9.17, 15) is 4.79 Å². The first-order valence-electron chi connectivity index (χ1n) is 6.98. The monoisotopic (exact) mass is 298 g/mol. The van der Waals surface area contributed by atoms with Gasteiger partial charge in [-0.05, 0) is 24.8 Å². The van der Waals surface area contributed by atoms with Gasteiger partial charge in [-0.15, -0.1) is 0 Å². The molecule has 0 unspecified atom stereocenters. The number of ether oxygens (including phenoxy) is 3. The Morgan fingerprint density at radius 2 is 2.00 bits per heavy atom. The summed E-state index contributed by atoms with van der Waals surface area (Å²) >= 11 is 0. The molecule has 2 heterocycles. The molecule has 0 radical (unpaired) electrons. The number of alkyl carbamates (subject to hydrolysis) is 1. The van der Waals surface area contributed by atoms with E-state index >= 15 is 0 Å². The zero-order valence-electron chi connectivity index (χ0n) is 13.0. The maximum atomic E-state index is 11.6. The lowest BCUT2D eigenvalue weighted by Gasteiger charge is -2.33. The quantitative estimate of drug-likeness (QED) is 0.490. The standard InChI is InChI=1S/C13H22N4O4/c1-12(2,3)10-9(19-11(18)16-10)8-7(6-15-17-14)20-13(4,5)21-8/h7-10H,6H2,1-5H3,(H,16,18)/t7-,8+,9+,10-/m0/s1. The number of azide groups is 1. The number of rotatable bonds is 3. The molecule has 8 heteroatoms. The molecular formula is C13H22N4O4. The van der Waals surface area contributed by atoms with E-state index in [0.29, 0.717) is 0 Å². The first-order chi connectivity index (χ1) is 9.64. The molecular weight excluding hydrogens is 276 g/mol. The predicted octanol–water partition coefficient (Wildman–Crippen LogP) is 2.34. The van der Waals surface area contributed by atoms with Crippen molar-refractivity contribution >= 4 is 6.09 Å². The van der Waals surface area contributed by atoms with Crippen molar-refractivity contribution in [2.45, 2.75) is 64.8 Å². The van der Waals surface area contributed by atoms with Crippen LogP contribution in [0.5, 0.6) is 0 Å². The summed E-state index contributed by atoms with van der Waals surface area (Å²) in [6.45, 7) is 9.75. The van der Waals surface area contributed by atoms with Gasteiger partial charge in [0.1, 0.15) is 6.10 Å². The van der Waals surface area contributed by atoms with E-state index in [-0.39, 0.29) is 18.0 Å². The highest BCUT2D eigenvalue weighted by molar-refractivity contribution is 5.70. The van der Waals surface area contributed by atoms with Crippen molar-refractivity contribution in [1.82, 2.24) is 5.32 Å². The lowest BCUT2D eigenvalue weighted by atomic mass is 9.81. The summed E-state index contributed by atoms with van der Waals surface area (Å²) < 4.78 is 17.1. The van der Waals surface area contributed by atoms with Crippen LogP contribution in [0.25, 0.3) is 10.4 Å². The van der Waals surface area contributed by atoms with Gasteiger partial charge in [0.15, 0.2) is 11.9 Å². The molecule has 0 bridgehead atoms. The van der Waals surface area contributed by atoms with E-state index < -0.39 is 30.2 Å². The molecule has 8 nitrogen and oxygen atoms in total. The number of cyclic esters (lactones) is 1. The Balaban J connectivity index is 2.24. The van der Waals surface area contributed by atoms with E-state index in [2.05, 4.69) is 15.3 Å². The molecule has 2 fully saturated rings. The van der Waals surface area contributed by atoms with Gasteiger partial charge >= 0.3 is 6.09 Å². The van der Waals surface area contributed by atoms with Crippen LogP contribution in [-0.4, -0.2) is 42.8 Å². The Labute approximate surface area is 123 Å². The van der Waals surface area contributed by atoms with E-state index in [4.69, 9.17) is 19.7 Å². The van der Waals surface area contributed by atoms with Crippen LogP contribution in [0.4, 0.5) is 4.79 Å². The molecule has 118 valence electrons. The molecule has 0 aromatic heterocycles.